The molecule has 0 heterocycles. The van der Waals surface area contributed by atoms with Gasteiger partial charge in [-0.25, -0.2) is 4.79 Å². The first-order valence-corrected chi connectivity index (χ1v) is 8.64. The van der Waals surface area contributed by atoms with Crippen LogP contribution in [0.4, 0.5) is 0 Å². The van der Waals surface area contributed by atoms with Crippen LogP contribution in [0.1, 0.15) is 33.1 Å². The molecule has 13 heteroatoms. The van der Waals surface area contributed by atoms with Gasteiger partial charge in [-0.2, -0.15) is 0 Å². The van der Waals surface area contributed by atoms with Gasteiger partial charge in [0.05, 0.1) is 19.0 Å². The van der Waals surface area contributed by atoms with E-state index in [1.165, 1.54) is 0 Å². The molecule has 0 saturated heterocycles. The van der Waals surface area contributed by atoms with E-state index in [9.17, 15) is 28.8 Å². The smallest absolute Gasteiger partial charge is 0.326 e. The lowest BCUT2D eigenvalue weighted by Crippen LogP contribution is -2.55. The Hall–Kier alpha value is -3.22. The molecule has 3 atom stereocenters. The fourth-order valence-corrected chi connectivity index (χ4v) is 2.13. The maximum absolute atomic E-state index is 12.3. The van der Waals surface area contributed by atoms with Crippen molar-refractivity contribution in [1.82, 2.24) is 16.0 Å². The van der Waals surface area contributed by atoms with E-state index >= 15 is 0 Å². The Bertz CT molecular complexity index is 650. The summed E-state index contributed by atoms with van der Waals surface area (Å²) in [6.07, 6.45) is -1.44. The highest BCUT2D eigenvalue weighted by atomic mass is 16.4. The van der Waals surface area contributed by atoms with Gasteiger partial charge in [0.1, 0.15) is 12.1 Å². The zero-order valence-electron chi connectivity index (χ0n) is 16.0. The van der Waals surface area contributed by atoms with E-state index in [0.717, 1.165) is 0 Å². The molecule has 0 rings (SSSR count). The Labute approximate surface area is 166 Å². The van der Waals surface area contributed by atoms with E-state index < -0.39 is 79.1 Å². The van der Waals surface area contributed by atoms with Gasteiger partial charge < -0.3 is 37.0 Å². The van der Waals surface area contributed by atoms with Gasteiger partial charge in [0.2, 0.25) is 17.7 Å². The van der Waals surface area contributed by atoms with Crippen molar-refractivity contribution in [2.24, 2.45) is 11.7 Å². The number of carbonyl (C=O) groups is 6. The zero-order valence-corrected chi connectivity index (χ0v) is 16.0. The lowest BCUT2D eigenvalue weighted by molar-refractivity contribution is -0.143. The molecule has 13 nitrogen and oxygen atoms in total. The van der Waals surface area contributed by atoms with Crippen LogP contribution in [0, 0.1) is 5.92 Å². The Kier molecular flexibility index (Phi) is 10.9. The number of carbonyl (C=O) groups excluding carboxylic acids is 3. The summed E-state index contributed by atoms with van der Waals surface area (Å²) in [6.45, 7) is 2.59. The highest BCUT2D eigenvalue weighted by Gasteiger charge is 2.29. The van der Waals surface area contributed by atoms with Crippen molar-refractivity contribution in [2.45, 2.75) is 51.2 Å². The number of hydrogen-bond acceptors (Lipinski definition) is 7. The van der Waals surface area contributed by atoms with Gasteiger partial charge in [-0.3, -0.25) is 24.0 Å². The van der Waals surface area contributed by atoms with Gasteiger partial charge in [-0.1, -0.05) is 13.8 Å². The van der Waals surface area contributed by atoms with Crippen molar-refractivity contribution in [2.75, 3.05) is 6.54 Å². The van der Waals surface area contributed by atoms with Crippen molar-refractivity contribution in [3.63, 3.8) is 0 Å². The van der Waals surface area contributed by atoms with Crippen LogP contribution < -0.4 is 21.7 Å². The number of carboxylic acid groups (broad SMARTS) is 3. The highest BCUT2D eigenvalue weighted by molar-refractivity contribution is 5.93. The molecule has 0 saturated carbocycles. The van der Waals surface area contributed by atoms with E-state index in [1.54, 1.807) is 13.8 Å². The number of amides is 3. The third-order valence-corrected chi connectivity index (χ3v) is 3.68. The molecule has 164 valence electrons. The van der Waals surface area contributed by atoms with Crippen LogP contribution in [-0.2, 0) is 28.8 Å². The van der Waals surface area contributed by atoms with Crippen molar-refractivity contribution in [1.29, 1.82) is 0 Å². The minimum absolute atomic E-state index is 0.341. The van der Waals surface area contributed by atoms with Crippen molar-refractivity contribution < 1.29 is 44.1 Å². The van der Waals surface area contributed by atoms with Gasteiger partial charge in [-0.15, -0.1) is 0 Å². The van der Waals surface area contributed by atoms with Gasteiger partial charge in [0, 0.05) is 6.42 Å². The van der Waals surface area contributed by atoms with E-state index in [1.807, 2.05) is 0 Å². The van der Waals surface area contributed by atoms with Crippen LogP contribution in [0.5, 0.6) is 0 Å². The minimum atomic E-state index is -1.45. The minimum Gasteiger partial charge on any atom is -0.481 e. The standard InChI is InChI=1S/C16H26N4O9/c1-7(2)13(15(27)19-9(16(28)29)3-4-11(22)23)20-10(21)6-18-14(26)8(17)5-12(24)25/h7-9,13H,3-6,17H2,1-2H3,(H,18,26)(H,19,27)(H,20,21)(H,22,23)(H,24,25)(H,28,29). The Morgan fingerprint density at radius 2 is 1.48 bits per heavy atom. The second-order valence-corrected chi connectivity index (χ2v) is 6.54. The van der Waals surface area contributed by atoms with Gasteiger partial charge in [-0.05, 0) is 12.3 Å². The molecule has 0 aliphatic rings. The second kappa shape index (κ2) is 12.3. The fraction of sp³-hybridized carbons (Fsp3) is 0.625. The first-order valence-electron chi connectivity index (χ1n) is 8.64. The van der Waals surface area contributed by atoms with Crippen LogP contribution in [0.15, 0.2) is 0 Å². The van der Waals surface area contributed by atoms with E-state index in [2.05, 4.69) is 16.0 Å². The van der Waals surface area contributed by atoms with Crippen LogP contribution in [0.25, 0.3) is 0 Å². The first kappa shape index (κ1) is 25.8. The molecule has 0 bridgehead atoms. The van der Waals surface area contributed by atoms with Gasteiger partial charge in [0.25, 0.3) is 0 Å². The number of hydrogen-bond donors (Lipinski definition) is 7. The molecule has 29 heavy (non-hydrogen) atoms. The Morgan fingerprint density at radius 1 is 0.897 bits per heavy atom. The molecule has 3 unspecified atom stereocenters. The summed E-state index contributed by atoms with van der Waals surface area (Å²) in [6, 6.07) is -3.96. The molecule has 0 aliphatic heterocycles. The van der Waals surface area contributed by atoms with E-state index in [0.29, 0.717) is 0 Å². The van der Waals surface area contributed by atoms with Crippen molar-refractivity contribution in [3.8, 4) is 0 Å². The summed E-state index contributed by atoms with van der Waals surface area (Å²) in [5, 5.41) is 33.0. The molecule has 0 spiro atoms. The Balaban J connectivity index is 4.83. The predicted octanol–water partition coefficient (Wildman–Crippen LogP) is -2.52. The molecule has 0 aromatic heterocycles. The summed E-state index contributed by atoms with van der Waals surface area (Å²) in [7, 11) is 0. The largest absolute Gasteiger partial charge is 0.481 e. The third kappa shape index (κ3) is 10.6. The monoisotopic (exact) mass is 418 g/mol. The molecule has 0 aliphatic carbocycles. The molecule has 0 radical (unpaired) electrons. The summed E-state index contributed by atoms with van der Waals surface area (Å²) in [5.74, 6) is -6.88. The molecule has 0 fully saturated rings. The topological polar surface area (TPSA) is 225 Å². The van der Waals surface area contributed by atoms with Crippen LogP contribution in [-0.4, -0.2) is 75.6 Å². The normalized spacial score (nSPS) is 13.7. The van der Waals surface area contributed by atoms with E-state index in [-0.39, 0.29) is 6.42 Å². The number of carboxylic acids is 3. The maximum atomic E-state index is 12.3. The maximum Gasteiger partial charge on any atom is 0.326 e. The zero-order chi connectivity index (χ0) is 22.7. The molecule has 0 aromatic rings. The highest BCUT2D eigenvalue weighted by Crippen LogP contribution is 2.05. The average molecular weight is 418 g/mol. The summed E-state index contributed by atoms with van der Waals surface area (Å²) < 4.78 is 0. The third-order valence-electron chi connectivity index (χ3n) is 3.68. The molecule has 8 N–H and O–H groups in total. The van der Waals surface area contributed by atoms with Crippen molar-refractivity contribution >= 4 is 35.6 Å². The number of rotatable bonds is 13. The van der Waals surface area contributed by atoms with Crippen molar-refractivity contribution in [3.05, 3.63) is 0 Å². The number of aliphatic carboxylic acids is 3. The molecular formula is C16H26N4O9. The number of nitrogens with two attached hydrogens (primary N) is 1. The van der Waals surface area contributed by atoms with Crippen LogP contribution >= 0.6 is 0 Å². The van der Waals surface area contributed by atoms with E-state index in [4.69, 9.17) is 21.1 Å². The number of nitrogens with one attached hydrogen (secondary N) is 3. The Morgan fingerprint density at radius 3 is 1.93 bits per heavy atom. The first-order chi connectivity index (χ1) is 13.3. The van der Waals surface area contributed by atoms with Crippen LogP contribution in [0.3, 0.4) is 0 Å². The molecule has 0 aromatic carbocycles. The second-order valence-electron chi connectivity index (χ2n) is 6.54. The fourth-order valence-electron chi connectivity index (χ4n) is 2.13. The van der Waals surface area contributed by atoms with Crippen LogP contribution in [0.2, 0.25) is 0 Å². The van der Waals surface area contributed by atoms with Gasteiger partial charge in [0.15, 0.2) is 0 Å². The lowest BCUT2D eigenvalue weighted by Gasteiger charge is -2.24. The summed E-state index contributed by atoms with van der Waals surface area (Å²) in [5.41, 5.74) is 5.35. The summed E-state index contributed by atoms with van der Waals surface area (Å²) in [4.78, 5) is 68.2. The lowest BCUT2D eigenvalue weighted by atomic mass is 10.0. The predicted molar refractivity (Wildman–Crippen MR) is 96.4 cm³/mol. The SMILES string of the molecule is CC(C)C(NC(=O)CNC(=O)C(N)CC(=O)O)C(=O)NC(CCC(=O)O)C(=O)O. The molecule has 3 amide bonds. The van der Waals surface area contributed by atoms with Gasteiger partial charge >= 0.3 is 17.9 Å². The average Bonchev–Trinajstić information content (AvgIpc) is 2.59. The molecular weight excluding hydrogens is 392 g/mol. The summed E-state index contributed by atoms with van der Waals surface area (Å²) >= 11 is 0. The quantitative estimate of drug-likeness (QED) is 0.166.